The van der Waals surface area contributed by atoms with E-state index < -0.39 is 17.6 Å². The zero-order valence-electron chi connectivity index (χ0n) is 11.9. The van der Waals surface area contributed by atoms with Crippen molar-refractivity contribution in [2.24, 2.45) is 0 Å². The molecule has 2 heterocycles. The predicted molar refractivity (Wildman–Crippen MR) is 78.4 cm³/mol. The van der Waals surface area contributed by atoms with Gasteiger partial charge in [-0.15, -0.1) is 0 Å². The number of aromatic nitrogens is 3. The molecular formula is C16H8F2N4O2. The molecule has 0 aliphatic heterocycles. The van der Waals surface area contributed by atoms with Crippen LogP contribution in [0.15, 0.2) is 42.9 Å². The third-order valence-corrected chi connectivity index (χ3v) is 3.32. The summed E-state index contributed by atoms with van der Waals surface area (Å²) in [6.07, 6.45) is 3.58. The lowest BCUT2D eigenvalue weighted by Gasteiger charge is -2.08. The molecule has 1 aromatic carbocycles. The number of nitriles is 1. The van der Waals surface area contributed by atoms with Crippen LogP contribution in [0.3, 0.4) is 0 Å². The topological polar surface area (TPSA) is 91.8 Å². The fourth-order valence-corrected chi connectivity index (χ4v) is 2.15. The average Bonchev–Trinajstić information content (AvgIpc) is 3.07. The van der Waals surface area contributed by atoms with E-state index in [0.717, 1.165) is 12.3 Å². The molecule has 0 amide bonds. The molecule has 0 unspecified atom stereocenters. The minimum Gasteiger partial charge on any atom is -0.478 e. The lowest BCUT2D eigenvalue weighted by atomic mass is 10.0. The monoisotopic (exact) mass is 326 g/mol. The quantitative estimate of drug-likeness (QED) is 0.799. The van der Waals surface area contributed by atoms with Crippen LogP contribution in [0.4, 0.5) is 8.78 Å². The molecule has 1 N–H and O–H groups in total. The number of aromatic carboxylic acids is 1. The molecular weight excluding hydrogens is 318 g/mol. The fourth-order valence-electron chi connectivity index (χ4n) is 2.15. The van der Waals surface area contributed by atoms with E-state index in [1.807, 2.05) is 6.07 Å². The van der Waals surface area contributed by atoms with Gasteiger partial charge in [0.25, 0.3) is 0 Å². The Bertz CT molecular complexity index is 992. The number of benzene rings is 1. The van der Waals surface area contributed by atoms with E-state index in [1.54, 1.807) is 0 Å². The van der Waals surface area contributed by atoms with Gasteiger partial charge in [0, 0.05) is 29.6 Å². The Morgan fingerprint density at radius 2 is 2.04 bits per heavy atom. The summed E-state index contributed by atoms with van der Waals surface area (Å²) < 4.78 is 28.5. The van der Waals surface area contributed by atoms with Gasteiger partial charge in [0.1, 0.15) is 0 Å². The van der Waals surface area contributed by atoms with E-state index in [1.165, 1.54) is 35.3 Å². The number of halogens is 2. The lowest BCUT2D eigenvalue weighted by molar-refractivity contribution is 0.0697. The number of carboxylic acids is 1. The second kappa shape index (κ2) is 5.89. The van der Waals surface area contributed by atoms with Crippen LogP contribution in [0.25, 0.3) is 16.9 Å². The van der Waals surface area contributed by atoms with Gasteiger partial charge >= 0.3 is 5.97 Å². The van der Waals surface area contributed by atoms with Crippen molar-refractivity contribution in [2.75, 3.05) is 0 Å². The Morgan fingerprint density at radius 1 is 1.25 bits per heavy atom. The van der Waals surface area contributed by atoms with Crippen LogP contribution in [-0.4, -0.2) is 25.8 Å². The highest BCUT2D eigenvalue weighted by molar-refractivity contribution is 5.87. The molecule has 0 saturated carbocycles. The molecule has 0 spiro atoms. The third kappa shape index (κ3) is 2.59. The van der Waals surface area contributed by atoms with Gasteiger partial charge in [0.05, 0.1) is 23.4 Å². The summed E-state index contributed by atoms with van der Waals surface area (Å²) >= 11 is 0. The first-order chi connectivity index (χ1) is 11.5. The van der Waals surface area contributed by atoms with Crippen molar-refractivity contribution in [3.05, 3.63) is 65.6 Å². The van der Waals surface area contributed by atoms with Crippen molar-refractivity contribution in [1.82, 2.24) is 14.8 Å². The molecule has 0 saturated heterocycles. The Morgan fingerprint density at radius 3 is 2.71 bits per heavy atom. The molecule has 0 fully saturated rings. The summed E-state index contributed by atoms with van der Waals surface area (Å²) in [6, 6.07) is 6.86. The van der Waals surface area contributed by atoms with E-state index in [9.17, 15) is 18.8 Å². The maximum atomic E-state index is 13.9. The molecule has 0 atom stereocenters. The SMILES string of the molecule is N#Cc1cc(-n2cc(C(=O)O)cn2)ncc1-c1cccc(F)c1F. The van der Waals surface area contributed by atoms with Crippen molar-refractivity contribution in [1.29, 1.82) is 5.26 Å². The van der Waals surface area contributed by atoms with Crippen molar-refractivity contribution in [3.63, 3.8) is 0 Å². The van der Waals surface area contributed by atoms with Crippen LogP contribution in [0.1, 0.15) is 15.9 Å². The lowest BCUT2D eigenvalue weighted by Crippen LogP contribution is -2.01. The summed E-state index contributed by atoms with van der Waals surface area (Å²) in [5.41, 5.74) is 0.0496. The minimum atomic E-state index is -1.15. The van der Waals surface area contributed by atoms with Gasteiger partial charge in [-0.25, -0.2) is 23.2 Å². The summed E-state index contributed by atoms with van der Waals surface area (Å²) in [4.78, 5) is 14.9. The highest BCUT2D eigenvalue weighted by atomic mass is 19.2. The maximum Gasteiger partial charge on any atom is 0.338 e. The van der Waals surface area contributed by atoms with Crippen molar-refractivity contribution >= 4 is 5.97 Å². The molecule has 8 heteroatoms. The Kier molecular flexibility index (Phi) is 3.75. The Balaban J connectivity index is 2.10. The van der Waals surface area contributed by atoms with Gasteiger partial charge in [-0.1, -0.05) is 12.1 Å². The molecule has 2 aromatic heterocycles. The van der Waals surface area contributed by atoms with Crippen LogP contribution in [-0.2, 0) is 0 Å². The smallest absolute Gasteiger partial charge is 0.338 e. The summed E-state index contributed by atoms with van der Waals surface area (Å²) in [5.74, 6) is -3.07. The van der Waals surface area contributed by atoms with Gasteiger partial charge in [-0.05, 0) is 6.07 Å². The van der Waals surface area contributed by atoms with E-state index in [-0.39, 0.29) is 28.1 Å². The minimum absolute atomic E-state index is 0.0458. The predicted octanol–water partition coefficient (Wildman–Crippen LogP) is 2.78. The molecule has 3 rings (SSSR count). The van der Waals surface area contributed by atoms with E-state index in [0.29, 0.717) is 0 Å². The summed E-state index contributed by atoms with van der Waals surface area (Å²) in [5, 5.41) is 22.0. The number of nitrogens with zero attached hydrogens (tertiary/aromatic N) is 4. The van der Waals surface area contributed by atoms with Crippen LogP contribution < -0.4 is 0 Å². The van der Waals surface area contributed by atoms with Gasteiger partial charge in [-0.3, -0.25) is 0 Å². The molecule has 0 aliphatic rings. The zero-order chi connectivity index (χ0) is 17.3. The Labute approximate surface area is 134 Å². The number of hydrogen-bond acceptors (Lipinski definition) is 4. The molecule has 24 heavy (non-hydrogen) atoms. The van der Waals surface area contributed by atoms with Crippen LogP contribution in [0, 0.1) is 23.0 Å². The van der Waals surface area contributed by atoms with Gasteiger partial charge in [0.2, 0.25) is 0 Å². The molecule has 118 valence electrons. The number of hydrogen-bond donors (Lipinski definition) is 1. The first-order valence-corrected chi connectivity index (χ1v) is 6.64. The number of rotatable bonds is 3. The van der Waals surface area contributed by atoms with Gasteiger partial charge in [-0.2, -0.15) is 10.4 Å². The second-order valence-corrected chi connectivity index (χ2v) is 4.78. The van der Waals surface area contributed by atoms with Crippen LogP contribution in [0.5, 0.6) is 0 Å². The first kappa shape index (κ1) is 15.3. The summed E-state index contributed by atoms with van der Waals surface area (Å²) in [7, 11) is 0. The van der Waals surface area contributed by atoms with E-state index >= 15 is 0 Å². The molecule has 0 radical (unpaired) electrons. The molecule has 3 aromatic rings. The molecule has 0 bridgehead atoms. The fraction of sp³-hybridized carbons (Fsp3) is 0. The van der Waals surface area contributed by atoms with Crippen molar-refractivity contribution in [3.8, 4) is 23.0 Å². The zero-order valence-corrected chi connectivity index (χ0v) is 11.9. The Hall–Kier alpha value is -3.60. The highest BCUT2D eigenvalue weighted by Crippen LogP contribution is 2.27. The van der Waals surface area contributed by atoms with Crippen LogP contribution in [0.2, 0.25) is 0 Å². The van der Waals surface area contributed by atoms with Crippen LogP contribution >= 0.6 is 0 Å². The van der Waals surface area contributed by atoms with Gasteiger partial charge < -0.3 is 5.11 Å². The first-order valence-electron chi connectivity index (χ1n) is 6.64. The number of pyridine rings is 1. The van der Waals surface area contributed by atoms with Crippen molar-refractivity contribution < 1.29 is 18.7 Å². The molecule has 0 aliphatic carbocycles. The highest BCUT2D eigenvalue weighted by Gasteiger charge is 2.15. The van der Waals surface area contributed by atoms with E-state index in [4.69, 9.17) is 5.11 Å². The van der Waals surface area contributed by atoms with Gasteiger partial charge in [0.15, 0.2) is 17.5 Å². The number of carbonyl (C=O) groups is 1. The van der Waals surface area contributed by atoms with E-state index in [2.05, 4.69) is 10.1 Å². The third-order valence-electron chi connectivity index (χ3n) is 3.32. The second-order valence-electron chi connectivity index (χ2n) is 4.78. The number of carboxylic acid groups (broad SMARTS) is 1. The average molecular weight is 326 g/mol. The standard InChI is InChI=1S/C16H8F2N4O2/c17-13-3-1-2-11(15(13)18)12-7-20-14(4-9(12)5-19)22-8-10(6-21-22)16(23)24/h1-4,6-8H,(H,23,24). The maximum absolute atomic E-state index is 13.9. The normalized spacial score (nSPS) is 10.4. The summed E-state index contributed by atoms with van der Waals surface area (Å²) in [6.45, 7) is 0. The largest absolute Gasteiger partial charge is 0.478 e. The molecule has 6 nitrogen and oxygen atoms in total. The van der Waals surface area contributed by atoms with Crippen molar-refractivity contribution in [2.45, 2.75) is 0 Å².